The molecule has 0 amide bonds. The molecule has 1 aliphatic carbocycles. The predicted octanol–water partition coefficient (Wildman–Crippen LogP) is 5.50. The van der Waals surface area contributed by atoms with Gasteiger partial charge in [-0.15, -0.1) is 0 Å². The van der Waals surface area contributed by atoms with E-state index in [1.807, 2.05) is 12.1 Å². The van der Waals surface area contributed by atoms with Crippen LogP contribution < -0.4 is 5.73 Å². The van der Waals surface area contributed by atoms with Gasteiger partial charge in [0.05, 0.1) is 5.69 Å². The third kappa shape index (κ3) is 4.05. The van der Waals surface area contributed by atoms with E-state index in [1.165, 1.54) is 24.6 Å². The lowest BCUT2D eigenvalue weighted by molar-refractivity contribution is 0.684. The maximum absolute atomic E-state index is 12.4. The summed E-state index contributed by atoms with van der Waals surface area (Å²) < 4.78 is 16.8. The Morgan fingerprint density at radius 1 is 1.30 bits per heavy atom. The van der Waals surface area contributed by atoms with E-state index in [9.17, 15) is 4.21 Å². The number of allylic oxidation sites excluding steroid dienone is 2. The molecule has 3 rings (SSSR count). The average Bonchev–Trinajstić information content (AvgIpc) is 2.60. The number of hydrogen-bond donors (Lipinski definition) is 2. The van der Waals surface area contributed by atoms with E-state index in [1.54, 1.807) is 12.5 Å². The van der Waals surface area contributed by atoms with Crippen LogP contribution in [0, 0.1) is 5.41 Å². The number of benzene rings is 1. The fraction of sp³-hybridized carbons (Fsp3) is 0.429. The van der Waals surface area contributed by atoms with Gasteiger partial charge in [0.15, 0.2) is 5.82 Å². The standard InChI is InChI=1S/C21H28N4OS.H2/c1-13(2)20-19(14-8-6-5-7-9-14)16-10-15(12-22)18(23)11-17(16)21(24-20)25-27(3,4)26;/h8,10-13,22H,5-7,9,23H2,1-4H3;1H. The molecule has 0 bridgehead atoms. The highest BCUT2D eigenvalue weighted by Gasteiger charge is 2.21. The van der Waals surface area contributed by atoms with Crippen molar-refractivity contribution in [2.24, 2.45) is 4.36 Å². The molecular weight excluding hydrogens is 356 g/mol. The fourth-order valence-electron chi connectivity index (χ4n) is 3.62. The van der Waals surface area contributed by atoms with Gasteiger partial charge >= 0.3 is 0 Å². The minimum atomic E-state index is -2.37. The smallest absolute Gasteiger partial charge is 0.169 e. The van der Waals surface area contributed by atoms with Crippen molar-refractivity contribution < 1.29 is 5.64 Å². The van der Waals surface area contributed by atoms with Crippen LogP contribution in [0.4, 0.5) is 11.5 Å². The second-order valence-electron chi connectivity index (χ2n) is 7.77. The van der Waals surface area contributed by atoms with Crippen LogP contribution in [-0.4, -0.2) is 27.9 Å². The number of aromatic nitrogens is 1. The number of pyridine rings is 1. The summed E-state index contributed by atoms with van der Waals surface area (Å²) in [5.41, 5.74) is 10.8. The zero-order chi connectivity index (χ0) is 19.8. The minimum Gasteiger partial charge on any atom is -0.398 e. The molecule has 5 nitrogen and oxygen atoms in total. The van der Waals surface area contributed by atoms with E-state index >= 15 is 0 Å². The first-order chi connectivity index (χ1) is 12.7. The molecule has 1 aromatic carbocycles. The SMILES string of the molecule is CC(C)c1nc(N=S(C)(C)=O)c2cc(N)c(C=N)cc2c1C1=CCCCC1.[HH]. The van der Waals surface area contributed by atoms with Gasteiger partial charge in [0.1, 0.15) is 0 Å². The fourth-order valence-corrected chi connectivity index (χ4v) is 4.17. The molecule has 0 radical (unpaired) electrons. The van der Waals surface area contributed by atoms with Gasteiger partial charge in [-0.1, -0.05) is 19.9 Å². The summed E-state index contributed by atoms with van der Waals surface area (Å²) in [5, 5.41) is 9.51. The highest BCUT2D eigenvalue weighted by atomic mass is 32.2. The Morgan fingerprint density at radius 2 is 2.04 bits per heavy atom. The quantitative estimate of drug-likeness (QED) is 0.536. The van der Waals surface area contributed by atoms with Crippen LogP contribution in [0.25, 0.3) is 16.3 Å². The van der Waals surface area contributed by atoms with Crippen molar-refractivity contribution in [2.45, 2.75) is 45.4 Å². The van der Waals surface area contributed by atoms with Crippen molar-refractivity contribution in [3.63, 3.8) is 0 Å². The number of fused-ring (bicyclic) bond motifs is 1. The summed E-state index contributed by atoms with van der Waals surface area (Å²) in [6.07, 6.45) is 11.3. The monoisotopic (exact) mass is 386 g/mol. The van der Waals surface area contributed by atoms with Crippen LogP contribution in [0.1, 0.15) is 63.7 Å². The van der Waals surface area contributed by atoms with Crippen LogP contribution >= 0.6 is 0 Å². The highest BCUT2D eigenvalue weighted by molar-refractivity contribution is 7.92. The first-order valence-electron chi connectivity index (χ1n) is 9.35. The maximum Gasteiger partial charge on any atom is 0.169 e. The molecule has 6 heteroatoms. The maximum atomic E-state index is 12.4. The summed E-state index contributed by atoms with van der Waals surface area (Å²) in [7, 11) is -2.37. The molecule has 2 aromatic rings. The number of anilines is 1. The summed E-state index contributed by atoms with van der Waals surface area (Å²) in [4.78, 5) is 4.86. The van der Waals surface area contributed by atoms with Crippen molar-refractivity contribution >= 4 is 43.8 Å². The van der Waals surface area contributed by atoms with E-state index in [0.717, 1.165) is 34.9 Å². The summed E-state index contributed by atoms with van der Waals surface area (Å²) in [6, 6.07) is 3.78. The summed E-state index contributed by atoms with van der Waals surface area (Å²) in [6.45, 7) is 4.24. The predicted molar refractivity (Wildman–Crippen MR) is 119 cm³/mol. The van der Waals surface area contributed by atoms with E-state index in [-0.39, 0.29) is 7.34 Å². The molecule has 146 valence electrons. The number of nitrogens with one attached hydrogen (secondary N) is 1. The van der Waals surface area contributed by atoms with Crippen molar-refractivity contribution in [2.75, 3.05) is 18.2 Å². The molecule has 1 aliphatic rings. The Balaban J connectivity index is 0.00000280. The second-order valence-corrected chi connectivity index (χ2v) is 10.3. The lowest BCUT2D eigenvalue weighted by Gasteiger charge is -2.22. The molecule has 0 unspecified atom stereocenters. The van der Waals surface area contributed by atoms with Gasteiger partial charge in [-0.05, 0) is 54.7 Å². The molecule has 3 N–H and O–H groups in total. The molecule has 1 heterocycles. The molecular formula is C21H30N4OS. The number of nitrogens with two attached hydrogens (primary N) is 1. The lowest BCUT2D eigenvalue weighted by Crippen LogP contribution is -2.05. The third-order valence-electron chi connectivity index (χ3n) is 4.84. The first kappa shape index (κ1) is 19.5. The largest absolute Gasteiger partial charge is 0.398 e. The Morgan fingerprint density at radius 3 is 2.59 bits per heavy atom. The molecule has 0 spiro atoms. The van der Waals surface area contributed by atoms with Gasteiger partial charge < -0.3 is 11.1 Å². The molecule has 0 saturated heterocycles. The van der Waals surface area contributed by atoms with Crippen LogP contribution in [0.5, 0.6) is 0 Å². The van der Waals surface area contributed by atoms with Gasteiger partial charge in [-0.2, -0.15) is 4.36 Å². The Bertz CT molecular complexity index is 1060. The zero-order valence-electron chi connectivity index (χ0n) is 16.5. The lowest BCUT2D eigenvalue weighted by atomic mass is 9.86. The number of nitrogen functional groups attached to an aromatic ring is 1. The van der Waals surface area contributed by atoms with Crippen LogP contribution in [-0.2, 0) is 9.73 Å². The van der Waals surface area contributed by atoms with E-state index in [0.29, 0.717) is 17.1 Å². The van der Waals surface area contributed by atoms with E-state index in [2.05, 4.69) is 24.3 Å². The molecule has 0 aliphatic heterocycles. The minimum absolute atomic E-state index is 0. The summed E-state index contributed by atoms with van der Waals surface area (Å²) >= 11 is 0. The van der Waals surface area contributed by atoms with Crippen LogP contribution in [0.2, 0.25) is 0 Å². The number of rotatable bonds is 4. The van der Waals surface area contributed by atoms with Crippen molar-refractivity contribution in [1.82, 2.24) is 4.98 Å². The van der Waals surface area contributed by atoms with Crippen LogP contribution in [0.3, 0.4) is 0 Å². The Kier molecular flexibility index (Phi) is 5.38. The van der Waals surface area contributed by atoms with Crippen molar-refractivity contribution in [3.05, 3.63) is 35.0 Å². The van der Waals surface area contributed by atoms with Gasteiger partial charge in [-0.25, -0.2) is 9.19 Å². The second kappa shape index (κ2) is 7.43. The highest BCUT2D eigenvalue weighted by Crippen LogP contribution is 2.41. The van der Waals surface area contributed by atoms with E-state index in [4.69, 9.17) is 16.1 Å². The molecule has 0 fully saturated rings. The number of nitrogens with zero attached hydrogens (tertiary/aromatic N) is 2. The first-order valence-corrected chi connectivity index (χ1v) is 11.7. The van der Waals surface area contributed by atoms with Crippen molar-refractivity contribution in [1.29, 1.82) is 5.41 Å². The van der Waals surface area contributed by atoms with Crippen molar-refractivity contribution in [3.8, 4) is 0 Å². The van der Waals surface area contributed by atoms with Gasteiger partial charge in [0.25, 0.3) is 0 Å². The molecule has 0 atom stereocenters. The topological polar surface area (TPSA) is 92.2 Å². The molecule has 0 saturated carbocycles. The normalized spacial score (nSPS) is 15.1. The molecule has 1 aromatic heterocycles. The zero-order valence-corrected chi connectivity index (χ0v) is 17.3. The van der Waals surface area contributed by atoms with Crippen LogP contribution in [0.15, 0.2) is 22.6 Å². The van der Waals surface area contributed by atoms with E-state index < -0.39 is 9.73 Å². The summed E-state index contributed by atoms with van der Waals surface area (Å²) in [5.74, 6) is 0.680. The molecule has 27 heavy (non-hydrogen) atoms. The number of hydrogen-bond acceptors (Lipinski definition) is 5. The average molecular weight is 387 g/mol. The van der Waals surface area contributed by atoms with Gasteiger partial charge in [0.2, 0.25) is 0 Å². The van der Waals surface area contributed by atoms with Gasteiger partial charge in [-0.3, -0.25) is 0 Å². The van der Waals surface area contributed by atoms with Gasteiger partial charge in [0, 0.05) is 52.1 Å². The third-order valence-corrected chi connectivity index (χ3v) is 5.45. The Labute approximate surface area is 163 Å². The Hall–Kier alpha value is -2.21.